The van der Waals surface area contributed by atoms with Crippen LogP contribution in [0.4, 0.5) is 0 Å². The monoisotopic (exact) mass is 354 g/mol. The first-order chi connectivity index (χ1) is 12.6. The average molecular weight is 354 g/mol. The first kappa shape index (κ1) is 17.9. The number of aromatic nitrogens is 1. The predicted octanol–water partition coefficient (Wildman–Crippen LogP) is 2.92. The molecule has 1 saturated carbocycles. The maximum Gasteiger partial charge on any atom is 0.310 e. The van der Waals surface area contributed by atoms with Crippen molar-refractivity contribution in [2.45, 2.75) is 38.8 Å². The van der Waals surface area contributed by atoms with Gasteiger partial charge in [-0.05, 0) is 30.0 Å². The quantitative estimate of drug-likeness (QED) is 0.761. The lowest BCUT2D eigenvalue weighted by Crippen LogP contribution is -2.42. The third kappa shape index (κ3) is 4.39. The number of benzene rings is 1. The second-order valence-corrected chi connectivity index (χ2v) is 6.67. The summed E-state index contributed by atoms with van der Waals surface area (Å²) < 4.78 is 5.68. The van der Waals surface area contributed by atoms with E-state index in [1.807, 2.05) is 30.3 Å². The van der Waals surface area contributed by atoms with Gasteiger partial charge in [-0.3, -0.25) is 9.59 Å². The third-order valence-corrected chi connectivity index (χ3v) is 4.78. The van der Waals surface area contributed by atoms with Crippen molar-refractivity contribution in [2.75, 3.05) is 0 Å². The van der Waals surface area contributed by atoms with Crippen molar-refractivity contribution >= 4 is 11.9 Å². The van der Waals surface area contributed by atoms with E-state index in [9.17, 15) is 14.7 Å². The minimum atomic E-state index is -0.876. The van der Waals surface area contributed by atoms with Crippen molar-refractivity contribution in [3.63, 3.8) is 0 Å². The van der Waals surface area contributed by atoms with Gasteiger partial charge in [-0.1, -0.05) is 36.8 Å². The molecule has 1 aliphatic carbocycles. The topological polar surface area (TPSA) is 88.5 Å². The van der Waals surface area contributed by atoms with Crippen LogP contribution in [0, 0.1) is 5.41 Å². The van der Waals surface area contributed by atoms with Gasteiger partial charge in [0, 0.05) is 25.2 Å². The summed E-state index contributed by atoms with van der Waals surface area (Å²) in [5.41, 5.74) is 1.04. The Morgan fingerprint density at radius 2 is 1.92 bits per heavy atom. The summed E-state index contributed by atoms with van der Waals surface area (Å²) in [7, 11) is 0. The van der Waals surface area contributed by atoms with Gasteiger partial charge in [0.1, 0.15) is 6.61 Å². The molecule has 0 unspecified atom stereocenters. The SMILES string of the molecule is O=C(CC1(C(=O)O)CCC1)NCc1ccnc(OCc2ccccc2)c1. The number of amides is 1. The van der Waals surface area contributed by atoms with Crippen LogP contribution in [0.3, 0.4) is 0 Å². The molecular weight excluding hydrogens is 332 g/mol. The van der Waals surface area contributed by atoms with Gasteiger partial charge in [0.05, 0.1) is 5.41 Å². The lowest BCUT2D eigenvalue weighted by molar-refractivity contribution is -0.157. The number of carbonyl (C=O) groups is 2. The highest BCUT2D eigenvalue weighted by Gasteiger charge is 2.45. The molecule has 1 amide bonds. The second-order valence-electron chi connectivity index (χ2n) is 6.67. The smallest absolute Gasteiger partial charge is 0.310 e. The summed E-state index contributed by atoms with van der Waals surface area (Å²) in [5.74, 6) is -0.628. The maximum atomic E-state index is 12.1. The fraction of sp³-hybridized carbons (Fsp3) is 0.350. The van der Waals surface area contributed by atoms with Crippen LogP contribution in [-0.2, 0) is 22.7 Å². The fourth-order valence-corrected chi connectivity index (χ4v) is 3.01. The maximum absolute atomic E-state index is 12.1. The molecule has 0 bridgehead atoms. The van der Waals surface area contributed by atoms with Gasteiger partial charge in [-0.2, -0.15) is 0 Å². The summed E-state index contributed by atoms with van der Waals surface area (Å²) in [6.45, 7) is 0.740. The summed E-state index contributed by atoms with van der Waals surface area (Å²) in [5, 5.41) is 12.1. The molecule has 1 aromatic heterocycles. The van der Waals surface area contributed by atoms with Crippen LogP contribution in [-0.4, -0.2) is 22.0 Å². The van der Waals surface area contributed by atoms with Gasteiger partial charge >= 0.3 is 5.97 Å². The van der Waals surface area contributed by atoms with Crippen LogP contribution in [0.15, 0.2) is 48.7 Å². The number of ether oxygens (including phenoxy) is 1. The molecule has 1 heterocycles. The minimum Gasteiger partial charge on any atom is -0.481 e. The van der Waals surface area contributed by atoms with Crippen LogP contribution in [0.25, 0.3) is 0 Å². The Kier molecular flexibility index (Phi) is 5.51. The van der Waals surface area contributed by atoms with Crippen molar-refractivity contribution in [3.8, 4) is 5.88 Å². The Morgan fingerprint density at radius 1 is 1.15 bits per heavy atom. The van der Waals surface area contributed by atoms with Crippen molar-refractivity contribution in [3.05, 3.63) is 59.8 Å². The summed E-state index contributed by atoms with van der Waals surface area (Å²) in [6, 6.07) is 13.4. The highest BCUT2D eigenvalue weighted by atomic mass is 16.5. The van der Waals surface area contributed by atoms with Gasteiger partial charge in [-0.15, -0.1) is 0 Å². The van der Waals surface area contributed by atoms with E-state index in [0.29, 0.717) is 31.9 Å². The van der Waals surface area contributed by atoms with Crippen LogP contribution >= 0.6 is 0 Å². The first-order valence-electron chi connectivity index (χ1n) is 8.69. The molecule has 6 nitrogen and oxygen atoms in total. The number of carboxylic acid groups (broad SMARTS) is 1. The molecule has 6 heteroatoms. The van der Waals surface area contributed by atoms with E-state index in [4.69, 9.17) is 4.74 Å². The number of aliphatic carboxylic acids is 1. The van der Waals surface area contributed by atoms with Crippen molar-refractivity contribution in [1.29, 1.82) is 0 Å². The molecule has 1 aromatic carbocycles. The lowest BCUT2D eigenvalue weighted by Gasteiger charge is -2.36. The van der Waals surface area contributed by atoms with Crippen LogP contribution in [0.1, 0.15) is 36.8 Å². The van der Waals surface area contributed by atoms with Gasteiger partial charge in [-0.25, -0.2) is 4.98 Å². The summed E-state index contributed by atoms with van der Waals surface area (Å²) >= 11 is 0. The summed E-state index contributed by atoms with van der Waals surface area (Å²) in [6.07, 6.45) is 3.67. The van der Waals surface area contributed by atoms with Gasteiger partial charge in [0.15, 0.2) is 0 Å². The molecule has 1 aliphatic rings. The van der Waals surface area contributed by atoms with E-state index in [2.05, 4.69) is 10.3 Å². The summed E-state index contributed by atoms with van der Waals surface area (Å²) in [4.78, 5) is 27.6. The van der Waals surface area contributed by atoms with Crippen molar-refractivity contribution < 1.29 is 19.4 Å². The largest absolute Gasteiger partial charge is 0.481 e. The Bertz CT molecular complexity index is 772. The molecule has 0 radical (unpaired) electrons. The zero-order valence-electron chi connectivity index (χ0n) is 14.5. The average Bonchev–Trinajstić information content (AvgIpc) is 2.62. The molecule has 2 aromatic rings. The zero-order chi connectivity index (χ0) is 18.4. The second kappa shape index (κ2) is 7.99. The minimum absolute atomic E-state index is 0.0325. The van der Waals surface area contributed by atoms with Crippen LogP contribution in [0.2, 0.25) is 0 Å². The Morgan fingerprint density at radius 3 is 2.58 bits per heavy atom. The number of nitrogens with zero attached hydrogens (tertiary/aromatic N) is 1. The molecule has 0 spiro atoms. The highest BCUT2D eigenvalue weighted by molar-refractivity contribution is 5.85. The van der Waals surface area contributed by atoms with E-state index in [-0.39, 0.29) is 12.3 Å². The number of nitrogens with one attached hydrogen (secondary N) is 1. The number of carboxylic acids is 1. The normalized spacial score (nSPS) is 14.9. The lowest BCUT2D eigenvalue weighted by atomic mass is 9.66. The molecule has 1 fully saturated rings. The number of pyridine rings is 1. The standard InChI is InChI=1S/C20H22N2O4/c23-17(12-20(19(24)25)8-4-9-20)22-13-16-7-10-21-18(11-16)26-14-15-5-2-1-3-6-15/h1-3,5-7,10-11H,4,8-9,12-14H2,(H,22,23)(H,24,25). The van der Waals surface area contributed by atoms with Gasteiger partial charge in [0.2, 0.25) is 11.8 Å². The Labute approximate surface area is 152 Å². The van der Waals surface area contributed by atoms with Crippen molar-refractivity contribution in [2.24, 2.45) is 5.41 Å². The Hall–Kier alpha value is -2.89. The van der Waals surface area contributed by atoms with Crippen molar-refractivity contribution in [1.82, 2.24) is 10.3 Å². The number of carbonyl (C=O) groups excluding carboxylic acids is 1. The third-order valence-electron chi connectivity index (χ3n) is 4.78. The van der Waals surface area contributed by atoms with Gasteiger partial charge < -0.3 is 15.2 Å². The van der Waals surface area contributed by atoms with E-state index in [1.54, 1.807) is 18.3 Å². The zero-order valence-corrected chi connectivity index (χ0v) is 14.5. The molecule has 3 rings (SSSR count). The number of hydrogen-bond acceptors (Lipinski definition) is 4. The van der Waals surface area contributed by atoms with E-state index >= 15 is 0 Å². The fourth-order valence-electron chi connectivity index (χ4n) is 3.01. The predicted molar refractivity (Wildman–Crippen MR) is 95.4 cm³/mol. The van der Waals surface area contributed by atoms with E-state index < -0.39 is 11.4 Å². The Balaban J connectivity index is 1.50. The van der Waals surface area contributed by atoms with Crippen LogP contribution in [0.5, 0.6) is 5.88 Å². The van der Waals surface area contributed by atoms with E-state index in [1.165, 1.54) is 0 Å². The van der Waals surface area contributed by atoms with Gasteiger partial charge in [0.25, 0.3) is 0 Å². The molecule has 0 aliphatic heterocycles. The van der Waals surface area contributed by atoms with Crippen LogP contribution < -0.4 is 10.1 Å². The molecule has 0 saturated heterocycles. The number of rotatable bonds is 8. The molecule has 26 heavy (non-hydrogen) atoms. The highest BCUT2D eigenvalue weighted by Crippen LogP contribution is 2.44. The molecule has 136 valence electrons. The van der Waals surface area contributed by atoms with E-state index in [0.717, 1.165) is 17.5 Å². The molecule has 2 N–H and O–H groups in total. The number of hydrogen-bond donors (Lipinski definition) is 2. The first-order valence-corrected chi connectivity index (χ1v) is 8.69. The molecule has 0 atom stereocenters. The molecular formula is C20H22N2O4.